The highest BCUT2D eigenvalue weighted by Gasteiger charge is 2.26. The van der Waals surface area contributed by atoms with Crippen molar-refractivity contribution in [1.82, 2.24) is 10.0 Å². The second kappa shape index (κ2) is 5.62. The molecular formula is C12H18N2O2S. The summed E-state index contributed by atoms with van der Waals surface area (Å²) in [7, 11) is -3.19. The Balaban J connectivity index is 1.93. The number of nitrogens with one attached hydrogen (secondary N) is 2. The zero-order valence-electron chi connectivity index (χ0n) is 9.72. The van der Waals surface area contributed by atoms with E-state index in [2.05, 4.69) is 10.0 Å². The fraction of sp³-hybridized carbons (Fsp3) is 0.500. The predicted octanol–water partition coefficient (Wildman–Crippen LogP) is 0.858. The lowest BCUT2D eigenvalue weighted by molar-refractivity contribution is 0.490. The number of hydrogen-bond acceptors (Lipinski definition) is 3. The van der Waals surface area contributed by atoms with E-state index >= 15 is 0 Å². The van der Waals surface area contributed by atoms with Crippen molar-refractivity contribution < 1.29 is 8.42 Å². The summed E-state index contributed by atoms with van der Waals surface area (Å²) >= 11 is 0. The molecule has 1 aliphatic heterocycles. The summed E-state index contributed by atoms with van der Waals surface area (Å²) in [6.45, 7) is 1.86. The average molecular weight is 254 g/mol. The second-order valence-electron chi connectivity index (χ2n) is 4.32. The molecule has 1 aromatic carbocycles. The zero-order chi connectivity index (χ0) is 12.1. The van der Waals surface area contributed by atoms with Crippen molar-refractivity contribution >= 4 is 10.0 Å². The number of rotatable bonds is 4. The molecule has 0 aromatic heterocycles. The van der Waals surface area contributed by atoms with E-state index in [0.29, 0.717) is 13.1 Å². The third kappa shape index (κ3) is 3.52. The van der Waals surface area contributed by atoms with E-state index in [1.54, 1.807) is 0 Å². The van der Waals surface area contributed by atoms with Crippen molar-refractivity contribution in [1.29, 1.82) is 0 Å². The third-order valence-electron chi connectivity index (χ3n) is 3.01. The van der Waals surface area contributed by atoms with Crippen LogP contribution in [-0.4, -0.2) is 26.8 Å². The minimum absolute atomic E-state index is 0.292. The highest BCUT2D eigenvalue weighted by molar-refractivity contribution is 7.90. The van der Waals surface area contributed by atoms with Crippen LogP contribution in [-0.2, 0) is 16.6 Å². The van der Waals surface area contributed by atoms with Crippen LogP contribution in [0.4, 0.5) is 0 Å². The Morgan fingerprint density at radius 2 is 2.06 bits per heavy atom. The van der Waals surface area contributed by atoms with Crippen LogP contribution in [0.5, 0.6) is 0 Å². The van der Waals surface area contributed by atoms with Crippen molar-refractivity contribution in [2.24, 2.45) is 0 Å². The summed E-state index contributed by atoms with van der Waals surface area (Å²) < 4.78 is 26.7. The maximum Gasteiger partial charge on any atom is 0.216 e. The molecule has 1 atom stereocenters. The minimum Gasteiger partial charge on any atom is -0.315 e. The van der Waals surface area contributed by atoms with Crippen molar-refractivity contribution in [3.63, 3.8) is 0 Å². The fourth-order valence-corrected chi connectivity index (χ4v) is 3.40. The first-order chi connectivity index (χ1) is 8.18. The van der Waals surface area contributed by atoms with Gasteiger partial charge in [0, 0.05) is 13.1 Å². The normalized spacial score (nSPS) is 21.3. The van der Waals surface area contributed by atoms with Gasteiger partial charge < -0.3 is 5.32 Å². The average Bonchev–Trinajstić information content (AvgIpc) is 2.39. The van der Waals surface area contributed by atoms with E-state index in [0.717, 1.165) is 24.9 Å². The molecule has 1 aliphatic rings. The molecule has 1 fully saturated rings. The SMILES string of the molecule is O=S(=O)(NCc1ccccc1)C1CCCNC1. The van der Waals surface area contributed by atoms with Gasteiger partial charge in [-0.3, -0.25) is 0 Å². The monoisotopic (exact) mass is 254 g/mol. The summed E-state index contributed by atoms with van der Waals surface area (Å²) in [5, 5.41) is 2.83. The molecular weight excluding hydrogens is 236 g/mol. The van der Waals surface area contributed by atoms with Crippen LogP contribution < -0.4 is 10.0 Å². The fourth-order valence-electron chi connectivity index (χ4n) is 1.98. The lowest BCUT2D eigenvalue weighted by Crippen LogP contribution is -2.44. The van der Waals surface area contributed by atoms with Crippen molar-refractivity contribution in [2.45, 2.75) is 24.6 Å². The Kier molecular flexibility index (Phi) is 4.15. The van der Waals surface area contributed by atoms with Gasteiger partial charge in [-0.05, 0) is 24.9 Å². The van der Waals surface area contributed by atoms with E-state index in [-0.39, 0.29) is 5.25 Å². The molecule has 5 heteroatoms. The van der Waals surface area contributed by atoms with Crippen molar-refractivity contribution in [3.8, 4) is 0 Å². The van der Waals surface area contributed by atoms with Gasteiger partial charge in [-0.25, -0.2) is 13.1 Å². The molecule has 0 bridgehead atoms. The van der Waals surface area contributed by atoms with E-state index < -0.39 is 10.0 Å². The maximum absolute atomic E-state index is 12.0. The number of benzene rings is 1. The number of piperidine rings is 1. The van der Waals surface area contributed by atoms with E-state index in [4.69, 9.17) is 0 Å². The molecule has 17 heavy (non-hydrogen) atoms. The van der Waals surface area contributed by atoms with Gasteiger partial charge in [0.2, 0.25) is 10.0 Å². The van der Waals surface area contributed by atoms with Crippen LogP contribution in [0.25, 0.3) is 0 Å². The van der Waals surface area contributed by atoms with Gasteiger partial charge in [-0.2, -0.15) is 0 Å². The van der Waals surface area contributed by atoms with Crippen LogP contribution >= 0.6 is 0 Å². The standard InChI is InChI=1S/C12H18N2O2S/c15-17(16,12-7-4-8-13-10-12)14-9-11-5-2-1-3-6-11/h1-3,5-6,12-14H,4,7-10H2. The Morgan fingerprint density at radius 3 is 2.71 bits per heavy atom. The minimum atomic E-state index is -3.19. The molecule has 0 spiro atoms. The first-order valence-corrected chi connectivity index (χ1v) is 7.46. The molecule has 1 heterocycles. The van der Waals surface area contributed by atoms with E-state index in [1.165, 1.54) is 0 Å². The molecule has 0 amide bonds. The van der Waals surface area contributed by atoms with Crippen LogP contribution in [0.15, 0.2) is 30.3 Å². The van der Waals surface area contributed by atoms with Gasteiger partial charge in [0.15, 0.2) is 0 Å². The summed E-state index contributed by atoms with van der Waals surface area (Å²) in [6.07, 6.45) is 1.67. The molecule has 0 aliphatic carbocycles. The largest absolute Gasteiger partial charge is 0.315 e. The third-order valence-corrected chi connectivity index (χ3v) is 4.84. The Bertz CT molecular complexity index is 439. The Labute approximate surface area is 102 Å². The first kappa shape index (κ1) is 12.5. The summed E-state index contributed by atoms with van der Waals surface area (Å²) in [4.78, 5) is 0. The van der Waals surface area contributed by atoms with Gasteiger partial charge in [0.1, 0.15) is 0 Å². The van der Waals surface area contributed by atoms with Gasteiger partial charge in [0.25, 0.3) is 0 Å². The van der Waals surface area contributed by atoms with Gasteiger partial charge in [-0.15, -0.1) is 0 Å². The Hall–Kier alpha value is -0.910. The van der Waals surface area contributed by atoms with Gasteiger partial charge >= 0.3 is 0 Å². The smallest absolute Gasteiger partial charge is 0.216 e. The second-order valence-corrected chi connectivity index (χ2v) is 6.37. The van der Waals surface area contributed by atoms with E-state index in [1.807, 2.05) is 30.3 Å². The lowest BCUT2D eigenvalue weighted by Gasteiger charge is -2.23. The molecule has 2 N–H and O–H groups in total. The van der Waals surface area contributed by atoms with Crippen molar-refractivity contribution in [3.05, 3.63) is 35.9 Å². The molecule has 4 nitrogen and oxygen atoms in total. The van der Waals surface area contributed by atoms with E-state index in [9.17, 15) is 8.42 Å². The molecule has 0 saturated carbocycles. The first-order valence-electron chi connectivity index (χ1n) is 5.91. The molecule has 2 rings (SSSR count). The molecule has 0 radical (unpaired) electrons. The lowest BCUT2D eigenvalue weighted by atomic mass is 10.2. The maximum atomic E-state index is 12.0. The molecule has 1 unspecified atom stereocenters. The number of hydrogen-bond donors (Lipinski definition) is 2. The van der Waals surface area contributed by atoms with Crippen molar-refractivity contribution in [2.75, 3.05) is 13.1 Å². The number of sulfonamides is 1. The Morgan fingerprint density at radius 1 is 1.29 bits per heavy atom. The van der Waals surface area contributed by atoms with Crippen LogP contribution in [0.3, 0.4) is 0 Å². The van der Waals surface area contributed by atoms with Crippen LogP contribution in [0, 0.1) is 0 Å². The summed E-state index contributed by atoms with van der Waals surface area (Å²) in [6, 6.07) is 9.57. The zero-order valence-corrected chi connectivity index (χ0v) is 10.5. The highest BCUT2D eigenvalue weighted by atomic mass is 32.2. The van der Waals surface area contributed by atoms with Crippen LogP contribution in [0.2, 0.25) is 0 Å². The van der Waals surface area contributed by atoms with Gasteiger partial charge in [-0.1, -0.05) is 30.3 Å². The van der Waals surface area contributed by atoms with Crippen LogP contribution in [0.1, 0.15) is 18.4 Å². The molecule has 1 saturated heterocycles. The topological polar surface area (TPSA) is 58.2 Å². The van der Waals surface area contributed by atoms with Gasteiger partial charge in [0.05, 0.1) is 5.25 Å². The predicted molar refractivity (Wildman–Crippen MR) is 68.1 cm³/mol. The molecule has 94 valence electrons. The molecule has 1 aromatic rings. The summed E-state index contributed by atoms with van der Waals surface area (Å²) in [5.41, 5.74) is 0.986. The summed E-state index contributed by atoms with van der Waals surface area (Å²) in [5.74, 6) is 0. The highest BCUT2D eigenvalue weighted by Crippen LogP contribution is 2.11. The quantitative estimate of drug-likeness (QED) is 0.838.